The SMILES string of the molecule is CCOc1ccc(S(=O)(=O)NC2CCC(N)CC2)c2ccccc12. The van der Waals surface area contributed by atoms with Crippen molar-refractivity contribution in [1.29, 1.82) is 0 Å². The number of hydrogen-bond acceptors (Lipinski definition) is 4. The number of nitrogens with two attached hydrogens (primary N) is 1. The fourth-order valence-electron chi connectivity index (χ4n) is 3.28. The summed E-state index contributed by atoms with van der Waals surface area (Å²) in [5.41, 5.74) is 5.90. The molecule has 1 saturated carbocycles. The van der Waals surface area contributed by atoms with Gasteiger partial charge in [0.15, 0.2) is 0 Å². The number of nitrogens with one attached hydrogen (secondary N) is 1. The van der Waals surface area contributed by atoms with Crippen molar-refractivity contribution in [2.24, 2.45) is 5.73 Å². The second-order valence-electron chi connectivity index (χ2n) is 6.27. The normalized spacial score (nSPS) is 21.8. The number of sulfonamides is 1. The maximum atomic E-state index is 12.9. The third kappa shape index (κ3) is 3.55. The third-order valence-corrected chi connectivity index (χ3v) is 6.11. The summed E-state index contributed by atoms with van der Waals surface area (Å²) in [5, 5.41) is 1.50. The summed E-state index contributed by atoms with van der Waals surface area (Å²) in [6.07, 6.45) is 3.29. The van der Waals surface area contributed by atoms with Crippen LogP contribution in [0.4, 0.5) is 0 Å². The van der Waals surface area contributed by atoms with Gasteiger partial charge < -0.3 is 10.5 Å². The molecule has 3 N–H and O–H groups in total. The zero-order valence-electron chi connectivity index (χ0n) is 13.9. The van der Waals surface area contributed by atoms with Crippen LogP contribution in [-0.2, 0) is 10.0 Å². The van der Waals surface area contributed by atoms with Gasteiger partial charge in [0.25, 0.3) is 0 Å². The van der Waals surface area contributed by atoms with E-state index in [-0.39, 0.29) is 12.1 Å². The molecule has 0 atom stereocenters. The zero-order valence-corrected chi connectivity index (χ0v) is 14.7. The fourth-order valence-corrected chi connectivity index (χ4v) is 4.80. The van der Waals surface area contributed by atoms with Gasteiger partial charge in [-0.3, -0.25) is 0 Å². The van der Waals surface area contributed by atoms with E-state index in [1.807, 2.05) is 31.2 Å². The Hall–Kier alpha value is -1.63. The highest BCUT2D eigenvalue weighted by atomic mass is 32.2. The Bertz CT molecular complexity index is 812. The minimum absolute atomic E-state index is 0.0415. The van der Waals surface area contributed by atoms with Crippen molar-refractivity contribution in [3.05, 3.63) is 36.4 Å². The first-order valence-electron chi connectivity index (χ1n) is 8.43. The largest absolute Gasteiger partial charge is 0.493 e. The average Bonchev–Trinajstić information content (AvgIpc) is 2.57. The van der Waals surface area contributed by atoms with Gasteiger partial charge in [-0.1, -0.05) is 24.3 Å². The van der Waals surface area contributed by atoms with Crippen LogP contribution in [0.2, 0.25) is 0 Å². The van der Waals surface area contributed by atoms with E-state index >= 15 is 0 Å². The predicted molar refractivity (Wildman–Crippen MR) is 95.7 cm³/mol. The molecule has 0 bridgehead atoms. The second kappa shape index (κ2) is 7.09. The van der Waals surface area contributed by atoms with Gasteiger partial charge in [-0.2, -0.15) is 0 Å². The molecule has 1 aliphatic carbocycles. The number of ether oxygens (including phenoxy) is 1. The van der Waals surface area contributed by atoms with Crippen LogP contribution in [0.3, 0.4) is 0 Å². The van der Waals surface area contributed by atoms with Crippen LogP contribution in [0.25, 0.3) is 10.8 Å². The fraction of sp³-hybridized carbons (Fsp3) is 0.444. The highest BCUT2D eigenvalue weighted by molar-refractivity contribution is 7.89. The van der Waals surface area contributed by atoms with Crippen LogP contribution in [0.5, 0.6) is 5.75 Å². The van der Waals surface area contributed by atoms with E-state index in [0.717, 1.165) is 31.1 Å². The van der Waals surface area contributed by atoms with Crippen LogP contribution in [0, 0.1) is 0 Å². The first-order chi connectivity index (χ1) is 11.5. The lowest BCUT2D eigenvalue weighted by Crippen LogP contribution is -2.40. The van der Waals surface area contributed by atoms with Crippen LogP contribution < -0.4 is 15.2 Å². The average molecular weight is 348 g/mol. The number of rotatable bonds is 5. The van der Waals surface area contributed by atoms with Crippen molar-refractivity contribution in [2.75, 3.05) is 6.61 Å². The summed E-state index contributed by atoms with van der Waals surface area (Å²) >= 11 is 0. The molecule has 0 unspecified atom stereocenters. The zero-order chi connectivity index (χ0) is 17.2. The molecule has 2 aromatic rings. The molecule has 0 spiro atoms. The van der Waals surface area contributed by atoms with E-state index < -0.39 is 10.0 Å². The van der Waals surface area contributed by atoms with E-state index in [1.165, 1.54) is 0 Å². The van der Waals surface area contributed by atoms with Crippen molar-refractivity contribution in [1.82, 2.24) is 4.72 Å². The van der Waals surface area contributed by atoms with Crippen molar-refractivity contribution in [2.45, 2.75) is 49.6 Å². The standard InChI is InChI=1S/C18H24N2O3S/c1-2-23-17-11-12-18(16-6-4-3-5-15(16)17)24(21,22)20-14-9-7-13(19)8-10-14/h3-6,11-14,20H,2,7-10,19H2,1H3. The molecular weight excluding hydrogens is 324 g/mol. The van der Waals surface area contributed by atoms with Crippen LogP contribution in [0.1, 0.15) is 32.6 Å². The molecule has 2 aromatic carbocycles. The number of fused-ring (bicyclic) bond motifs is 1. The summed E-state index contributed by atoms with van der Waals surface area (Å²) in [6, 6.07) is 11.0. The molecule has 0 aliphatic heterocycles. The molecule has 0 saturated heterocycles. The minimum Gasteiger partial charge on any atom is -0.493 e. The molecule has 1 aliphatic rings. The van der Waals surface area contributed by atoms with Gasteiger partial charge in [-0.05, 0) is 44.7 Å². The van der Waals surface area contributed by atoms with E-state index in [4.69, 9.17) is 10.5 Å². The van der Waals surface area contributed by atoms with Crippen LogP contribution in [-0.4, -0.2) is 27.1 Å². The lowest BCUT2D eigenvalue weighted by molar-refractivity contribution is 0.344. The Morgan fingerprint density at radius 1 is 1.08 bits per heavy atom. The maximum Gasteiger partial charge on any atom is 0.241 e. The monoisotopic (exact) mass is 348 g/mol. The Morgan fingerprint density at radius 3 is 2.42 bits per heavy atom. The first kappa shape index (κ1) is 17.2. The first-order valence-corrected chi connectivity index (χ1v) is 9.92. The predicted octanol–water partition coefficient (Wildman–Crippen LogP) is 2.79. The molecule has 0 radical (unpaired) electrons. The van der Waals surface area contributed by atoms with Crippen LogP contribution >= 0.6 is 0 Å². The molecule has 5 nitrogen and oxygen atoms in total. The molecule has 6 heteroatoms. The van der Waals surface area contributed by atoms with E-state index in [2.05, 4.69) is 4.72 Å². The molecule has 3 rings (SSSR count). The van der Waals surface area contributed by atoms with E-state index in [1.54, 1.807) is 12.1 Å². The highest BCUT2D eigenvalue weighted by Crippen LogP contribution is 2.31. The molecule has 24 heavy (non-hydrogen) atoms. The van der Waals surface area contributed by atoms with Crippen molar-refractivity contribution in [3.63, 3.8) is 0 Å². The molecular formula is C18H24N2O3S. The number of hydrogen-bond donors (Lipinski definition) is 2. The van der Waals surface area contributed by atoms with Gasteiger partial charge >= 0.3 is 0 Å². The summed E-state index contributed by atoms with van der Waals surface area (Å²) in [6.45, 7) is 2.45. The summed E-state index contributed by atoms with van der Waals surface area (Å²) in [4.78, 5) is 0.302. The van der Waals surface area contributed by atoms with Gasteiger partial charge in [0, 0.05) is 22.9 Å². The van der Waals surface area contributed by atoms with Crippen LogP contribution in [0.15, 0.2) is 41.3 Å². The smallest absolute Gasteiger partial charge is 0.241 e. The van der Waals surface area contributed by atoms with E-state index in [0.29, 0.717) is 22.6 Å². The molecule has 130 valence electrons. The second-order valence-corrected chi connectivity index (χ2v) is 7.96. The Labute approximate surface area is 143 Å². The quantitative estimate of drug-likeness (QED) is 0.870. The summed E-state index contributed by atoms with van der Waals surface area (Å²) in [7, 11) is -3.58. The summed E-state index contributed by atoms with van der Waals surface area (Å²) in [5.74, 6) is 0.704. The van der Waals surface area contributed by atoms with Gasteiger partial charge in [-0.15, -0.1) is 0 Å². The topological polar surface area (TPSA) is 81.4 Å². The maximum absolute atomic E-state index is 12.9. The van der Waals surface area contributed by atoms with Gasteiger partial charge in [-0.25, -0.2) is 13.1 Å². The van der Waals surface area contributed by atoms with E-state index in [9.17, 15) is 8.42 Å². The Kier molecular flexibility index (Phi) is 5.08. The lowest BCUT2D eigenvalue weighted by Gasteiger charge is -2.26. The van der Waals surface area contributed by atoms with Crippen molar-refractivity contribution < 1.29 is 13.2 Å². The molecule has 0 amide bonds. The molecule has 0 heterocycles. The molecule has 1 fully saturated rings. The van der Waals surface area contributed by atoms with Crippen molar-refractivity contribution >= 4 is 20.8 Å². The lowest BCUT2D eigenvalue weighted by atomic mass is 9.93. The highest BCUT2D eigenvalue weighted by Gasteiger charge is 2.26. The number of benzene rings is 2. The summed E-state index contributed by atoms with van der Waals surface area (Å²) < 4.78 is 34.2. The molecule has 0 aromatic heterocycles. The Balaban J connectivity index is 1.94. The third-order valence-electron chi connectivity index (χ3n) is 4.53. The van der Waals surface area contributed by atoms with Gasteiger partial charge in [0.2, 0.25) is 10.0 Å². The minimum atomic E-state index is -3.58. The Morgan fingerprint density at radius 2 is 1.75 bits per heavy atom. The van der Waals surface area contributed by atoms with Gasteiger partial charge in [0.1, 0.15) is 5.75 Å². The van der Waals surface area contributed by atoms with Gasteiger partial charge in [0.05, 0.1) is 11.5 Å². The van der Waals surface area contributed by atoms with Crippen molar-refractivity contribution in [3.8, 4) is 5.75 Å².